The quantitative estimate of drug-likeness (QED) is 0.827. The molecule has 2 heterocycles. The lowest BCUT2D eigenvalue weighted by molar-refractivity contribution is -0.189. The van der Waals surface area contributed by atoms with E-state index in [1.165, 1.54) is 0 Å². The van der Waals surface area contributed by atoms with Gasteiger partial charge in [0.05, 0.1) is 12.0 Å². The molecule has 0 aliphatic carbocycles. The van der Waals surface area contributed by atoms with Crippen molar-refractivity contribution in [2.24, 2.45) is 5.92 Å². The zero-order chi connectivity index (χ0) is 14.8. The fourth-order valence-corrected chi connectivity index (χ4v) is 2.93. The highest BCUT2D eigenvalue weighted by atomic mass is 19.4. The maximum atomic E-state index is 12.8. The Morgan fingerprint density at radius 1 is 1.25 bits per heavy atom. The molecule has 2 aliphatic rings. The highest BCUT2D eigenvalue weighted by molar-refractivity contribution is 5.81. The summed E-state index contributed by atoms with van der Waals surface area (Å²) in [5.41, 5.74) is 0. The van der Waals surface area contributed by atoms with Gasteiger partial charge in [0.25, 0.3) is 0 Å². The van der Waals surface area contributed by atoms with Gasteiger partial charge in [-0.1, -0.05) is 0 Å². The van der Waals surface area contributed by atoms with Crippen LogP contribution in [-0.4, -0.2) is 67.2 Å². The van der Waals surface area contributed by atoms with Gasteiger partial charge in [0.15, 0.2) is 0 Å². The summed E-state index contributed by atoms with van der Waals surface area (Å²) in [6, 6.07) is -0.460. The number of carbonyl (C=O) groups excluding carboxylic acids is 1. The fraction of sp³-hybridized carbons (Fsp3) is 0.923. The Bertz CT molecular complexity index is 342. The molecule has 0 aromatic carbocycles. The third kappa shape index (κ3) is 3.63. The second kappa shape index (κ2) is 6.30. The molecule has 1 amide bonds. The first-order chi connectivity index (χ1) is 9.39. The van der Waals surface area contributed by atoms with E-state index < -0.39 is 18.1 Å². The number of rotatable bonds is 2. The maximum Gasteiger partial charge on any atom is 0.393 e. The summed E-state index contributed by atoms with van der Waals surface area (Å²) >= 11 is 0. The molecular formula is C13H22F3N3O. The second-order valence-electron chi connectivity index (χ2n) is 5.63. The van der Waals surface area contributed by atoms with Crippen LogP contribution in [0, 0.1) is 5.92 Å². The minimum atomic E-state index is -4.16. The molecular weight excluding hydrogens is 271 g/mol. The van der Waals surface area contributed by atoms with E-state index in [0.29, 0.717) is 26.1 Å². The summed E-state index contributed by atoms with van der Waals surface area (Å²) in [5, 5.41) is 3.16. The minimum Gasteiger partial charge on any atom is -0.339 e. The topological polar surface area (TPSA) is 35.6 Å². The molecule has 0 aromatic heterocycles. The normalized spacial score (nSPS) is 27.4. The van der Waals surface area contributed by atoms with Crippen molar-refractivity contribution in [3.8, 4) is 0 Å². The summed E-state index contributed by atoms with van der Waals surface area (Å²) in [5.74, 6) is -1.34. The van der Waals surface area contributed by atoms with Crippen molar-refractivity contribution >= 4 is 5.91 Å². The van der Waals surface area contributed by atoms with Gasteiger partial charge in [-0.2, -0.15) is 13.2 Å². The molecule has 0 bridgehead atoms. The van der Waals surface area contributed by atoms with Crippen molar-refractivity contribution in [3.05, 3.63) is 0 Å². The van der Waals surface area contributed by atoms with E-state index in [1.807, 2.05) is 0 Å². The van der Waals surface area contributed by atoms with Gasteiger partial charge in [-0.3, -0.25) is 9.69 Å². The van der Waals surface area contributed by atoms with Gasteiger partial charge in [-0.05, 0) is 26.3 Å². The van der Waals surface area contributed by atoms with Gasteiger partial charge >= 0.3 is 6.18 Å². The van der Waals surface area contributed by atoms with Crippen molar-refractivity contribution in [1.82, 2.24) is 15.1 Å². The molecule has 2 rings (SSSR count). The molecule has 0 saturated carbocycles. The third-order valence-electron chi connectivity index (χ3n) is 4.25. The summed E-state index contributed by atoms with van der Waals surface area (Å²) in [6.45, 7) is 5.03. The molecule has 2 aliphatic heterocycles. The Morgan fingerprint density at radius 2 is 1.90 bits per heavy atom. The van der Waals surface area contributed by atoms with Crippen LogP contribution in [0.4, 0.5) is 13.2 Å². The van der Waals surface area contributed by atoms with Crippen LogP contribution in [0.5, 0.6) is 0 Å². The number of alkyl halides is 3. The molecule has 1 N–H and O–H groups in total. The Morgan fingerprint density at radius 3 is 2.50 bits per heavy atom. The lowest BCUT2D eigenvalue weighted by atomic mass is 9.96. The Hall–Kier alpha value is -0.820. The zero-order valence-electron chi connectivity index (χ0n) is 11.7. The average Bonchev–Trinajstić information content (AvgIpc) is 2.46. The Labute approximate surface area is 117 Å². The molecule has 4 nitrogen and oxygen atoms in total. The summed E-state index contributed by atoms with van der Waals surface area (Å²) in [6.07, 6.45) is -3.48. The zero-order valence-corrected chi connectivity index (χ0v) is 11.7. The van der Waals surface area contributed by atoms with E-state index in [1.54, 1.807) is 16.7 Å². The first-order valence-corrected chi connectivity index (χ1v) is 7.20. The predicted molar refractivity (Wildman–Crippen MR) is 69.3 cm³/mol. The van der Waals surface area contributed by atoms with Crippen molar-refractivity contribution in [3.63, 3.8) is 0 Å². The summed E-state index contributed by atoms with van der Waals surface area (Å²) < 4.78 is 38.4. The molecule has 2 unspecified atom stereocenters. The number of nitrogens with zero attached hydrogens (tertiary/aromatic N) is 2. The van der Waals surface area contributed by atoms with Crippen LogP contribution in [0.2, 0.25) is 0 Å². The van der Waals surface area contributed by atoms with Crippen molar-refractivity contribution in [1.29, 1.82) is 0 Å². The first-order valence-electron chi connectivity index (χ1n) is 7.20. The monoisotopic (exact) mass is 293 g/mol. The number of piperazine rings is 1. The lowest BCUT2D eigenvalue weighted by Gasteiger charge is -2.39. The van der Waals surface area contributed by atoms with Crippen LogP contribution in [0.1, 0.15) is 19.8 Å². The van der Waals surface area contributed by atoms with Gasteiger partial charge in [-0.15, -0.1) is 0 Å². The smallest absolute Gasteiger partial charge is 0.339 e. The molecule has 0 spiro atoms. The Kier molecular flexibility index (Phi) is 4.90. The fourth-order valence-electron chi connectivity index (χ4n) is 2.93. The van der Waals surface area contributed by atoms with Gasteiger partial charge in [0, 0.05) is 32.7 Å². The number of amides is 1. The number of halogens is 3. The van der Waals surface area contributed by atoms with Crippen LogP contribution in [0.25, 0.3) is 0 Å². The molecule has 2 atom stereocenters. The molecule has 20 heavy (non-hydrogen) atoms. The van der Waals surface area contributed by atoms with E-state index >= 15 is 0 Å². The lowest BCUT2D eigenvalue weighted by Crippen LogP contribution is -2.55. The standard InChI is InChI=1S/C13H22F3N3O/c1-10(12(20)18-7-4-17-5-8-18)19-6-2-3-11(9-19)13(14,15)16/h10-11,17H,2-9H2,1H3. The van der Waals surface area contributed by atoms with Crippen molar-refractivity contribution in [2.45, 2.75) is 32.0 Å². The summed E-state index contributed by atoms with van der Waals surface area (Å²) in [7, 11) is 0. The number of likely N-dealkylation sites (tertiary alicyclic amines) is 1. The number of hydrogen-bond acceptors (Lipinski definition) is 3. The molecule has 116 valence electrons. The predicted octanol–water partition coefficient (Wildman–Crippen LogP) is 1.08. The second-order valence-corrected chi connectivity index (χ2v) is 5.63. The van der Waals surface area contributed by atoms with Gasteiger partial charge in [-0.25, -0.2) is 0 Å². The van der Waals surface area contributed by atoms with E-state index in [-0.39, 0.29) is 18.9 Å². The number of nitrogens with one attached hydrogen (secondary N) is 1. The number of hydrogen-bond donors (Lipinski definition) is 1. The highest BCUT2D eigenvalue weighted by Crippen LogP contribution is 2.33. The van der Waals surface area contributed by atoms with Gasteiger partial charge in [0.1, 0.15) is 0 Å². The molecule has 2 fully saturated rings. The third-order valence-corrected chi connectivity index (χ3v) is 4.25. The van der Waals surface area contributed by atoms with E-state index in [2.05, 4.69) is 5.32 Å². The number of carbonyl (C=O) groups is 1. The van der Waals surface area contributed by atoms with Crippen LogP contribution in [0.3, 0.4) is 0 Å². The largest absolute Gasteiger partial charge is 0.393 e. The van der Waals surface area contributed by atoms with Gasteiger partial charge < -0.3 is 10.2 Å². The van der Waals surface area contributed by atoms with Crippen molar-refractivity contribution < 1.29 is 18.0 Å². The molecule has 0 aromatic rings. The summed E-state index contributed by atoms with van der Waals surface area (Å²) in [4.78, 5) is 15.8. The maximum absolute atomic E-state index is 12.8. The van der Waals surface area contributed by atoms with Crippen LogP contribution in [-0.2, 0) is 4.79 Å². The molecule has 0 radical (unpaired) electrons. The van der Waals surface area contributed by atoms with Crippen LogP contribution in [0.15, 0.2) is 0 Å². The van der Waals surface area contributed by atoms with E-state index in [9.17, 15) is 18.0 Å². The van der Waals surface area contributed by atoms with Crippen molar-refractivity contribution in [2.75, 3.05) is 39.3 Å². The SMILES string of the molecule is CC(C(=O)N1CCNCC1)N1CCCC(C(F)(F)F)C1. The van der Waals surface area contributed by atoms with E-state index in [0.717, 1.165) is 13.1 Å². The van der Waals surface area contributed by atoms with E-state index in [4.69, 9.17) is 0 Å². The number of piperidine rings is 1. The van der Waals surface area contributed by atoms with Gasteiger partial charge in [0.2, 0.25) is 5.91 Å². The Balaban J connectivity index is 1.94. The first kappa shape index (κ1) is 15.6. The minimum absolute atomic E-state index is 0.0469. The highest BCUT2D eigenvalue weighted by Gasteiger charge is 2.43. The van der Waals surface area contributed by atoms with Crippen LogP contribution < -0.4 is 5.32 Å². The average molecular weight is 293 g/mol. The molecule has 2 saturated heterocycles. The molecule has 7 heteroatoms. The van der Waals surface area contributed by atoms with Crippen LogP contribution >= 0.6 is 0 Å².